The lowest BCUT2D eigenvalue weighted by Crippen LogP contribution is -2.30. The fraction of sp³-hybridized carbons (Fsp3) is 0.158. The first-order valence-electron chi connectivity index (χ1n) is 7.93. The van der Waals surface area contributed by atoms with Gasteiger partial charge in [0, 0.05) is 6.07 Å². The lowest BCUT2D eigenvalue weighted by molar-refractivity contribution is -0.123. The second-order valence-electron chi connectivity index (χ2n) is 5.79. The normalized spacial score (nSPS) is 11.6. The molecule has 1 atom stereocenters. The lowest BCUT2D eigenvalue weighted by atomic mass is 10.1. The van der Waals surface area contributed by atoms with Gasteiger partial charge in [0.15, 0.2) is 11.5 Å². The van der Waals surface area contributed by atoms with Crippen LogP contribution >= 0.6 is 11.3 Å². The van der Waals surface area contributed by atoms with Crippen LogP contribution in [0.5, 0.6) is 0 Å². The molecule has 0 unspecified atom stereocenters. The van der Waals surface area contributed by atoms with E-state index in [0.717, 1.165) is 11.6 Å². The van der Waals surface area contributed by atoms with E-state index < -0.39 is 18.0 Å². The van der Waals surface area contributed by atoms with Gasteiger partial charge >= 0.3 is 5.97 Å². The summed E-state index contributed by atoms with van der Waals surface area (Å²) in [5.41, 5.74) is 1.10. The second kappa shape index (κ2) is 7.43. The number of amides is 1. The summed E-state index contributed by atoms with van der Waals surface area (Å²) >= 11 is 1.18. The third-order valence-electron chi connectivity index (χ3n) is 3.76. The lowest BCUT2D eigenvalue weighted by Gasteiger charge is -2.12. The Morgan fingerprint density at radius 3 is 2.81 bits per heavy atom. The molecule has 0 bridgehead atoms. The van der Waals surface area contributed by atoms with Crippen LogP contribution in [0.2, 0.25) is 0 Å². The molecule has 1 aromatic carbocycles. The zero-order valence-electron chi connectivity index (χ0n) is 14.4. The summed E-state index contributed by atoms with van der Waals surface area (Å²) in [5.74, 6) is -1.81. The van der Waals surface area contributed by atoms with E-state index in [0.29, 0.717) is 16.0 Å². The average Bonchev–Trinajstić information content (AvgIpc) is 3.09. The fourth-order valence-corrected chi connectivity index (χ4v) is 3.09. The van der Waals surface area contributed by atoms with E-state index in [2.05, 4.69) is 5.32 Å². The maximum absolute atomic E-state index is 12.3. The minimum atomic E-state index is -1.15. The van der Waals surface area contributed by atoms with E-state index in [1.807, 2.05) is 13.0 Å². The van der Waals surface area contributed by atoms with Gasteiger partial charge < -0.3 is 14.5 Å². The number of aryl methyl sites for hydroxylation is 1. The van der Waals surface area contributed by atoms with Crippen molar-refractivity contribution < 1.29 is 18.7 Å². The zero-order valence-corrected chi connectivity index (χ0v) is 15.3. The molecular formula is C19H14N2O5S. The molecule has 0 aliphatic heterocycles. The largest absolute Gasteiger partial charge is 0.449 e. The number of nitrogens with zero attached hydrogens (tertiary/aromatic N) is 1. The summed E-state index contributed by atoms with van der Waals surface area (Å²) < 4.78 is 10.5. The quantitative estimate of drug-likeness (QED) is 0.694. The van der Waals surface area contributed by atoms with Crippen LogP contribution in [0.25, 0.3) is 11.0 Å². The van der Waals surface area contributed by atoms with Crippen molar-refractivity contribution in [2.24, 2.45) is 0 Å². The number of carbonyl (C=O) groups is 2. The van der Waals surface area contributed by atoms with Crippen molar-refractivity contribution >= 4 is 39.2 Å². The highest BCUT2D eigenvalue weighted by Crippen LogP contribution is 2.22. The molecule has 7 nitrogen and oxygen atoms in total. The van der Waals surface area contributed by atoms with E-state index in [1.54, 1.807) is 29.6 Å². The Kier molecular flexibility index (Phi) is 5.05. The summed E-state index contributed by atoms with van der Waals surface area (Å²) in [6, 6.07) is 9.58. The molecule has 136 valence electrons. The van der Waals surface area contributed by atoms with Gasteiger partial charge in [-0.25, -0.2) is 4.79 Å². The molecule has 0 spiro atoms. The Balaban J connectivity index is 1.75. The van der Waals surface area contributed by atoms with Crippen molar-refractivity contribution in [1.29, 1.82) is 5.26 Å². The first-order chi connectivity index (χ1) is 12.9. The van der Waals surface area contributed by atoms with Gasteiger partial charge in [-0.15, -0.1) is 11.3 Å². The molecule has 2 heterocycles. The molecule has 2 aromatic heterocycles. The number of esters is 1. The monoisotopic (exact) mass is 382 g/mol. The Morgan fingerprint density at radius 2 is 2.07 bits per heavy atom. The molecule has 0 saturated heterocycles. The van der Waals surface area contributed by atoms with Gasteiger partial charge in [0.05, 0.1) is 10.9 Å². The Labute approximate surface area is 157 Å². The molecule has 3 aromatic rings. The maximum atomic E-state index is 12.3. The van der Waals surface area contributed by atoms with Crippen molar-refractivity contribution in [1.82, 2.24) is 0 Å². The van der Waals surface area contributed by atoms with Crippen LogP contribution in [0, 0.1) is 18.3 Å². The van der Waals surface area contributed by atoms with Gasteiger partial charge in [0.25, 0.3) is 5.91 Å². The summed E-state index contributed by atoms with van der Waals surface area (Å²) in [7, 11) is 0. The van der Waals surface area contributed by atoms with Crippen LogP contribution in [0.3, 0.4) is 0 Å². The number of carbonyl (C=O) groups excluding carboxylic acids is 2. The number of nitriles is 1. The van der Waals surface area contributed by atoms with E-state index in [9.17, 15) is 14.4 Å². The summed E-state index contributed by atoms with van der Waals surface area (Å²) in [5, 5.41) is 13.9. The van der Waals surface area contributed by atoms with Crippen molar-refractivity contribution in [3.63, 3.8) is 0 Å². The first kappa shape index (κ1) is 18.4. The molecular weight excluding hydrogens is 368 g/mol. The number of benzene rings is 1. The third kappa shape index (κ3) is 3.88. The molecule has 1 amide bonds. The molecule has 0 radical (unpaired) electrons. The molecule has 8 heteroatoms. The number of ether oxygens (including phenoxy) is 1. The minimum Gasteiger partial charge on any atom is -0.449 e. The Morgan fingerprint density at radius 1 is 1.30 bits per heavy atom. The van der Waals surface area contributed by atoms with Gasteiger partial charge in [-0.1, -0.05) is 11.6 Å². The molecule has 0 fully saturated rings. The molecule has 27 heavy (non-hydrogen) atoms. The van der Waals surface area contributed by atoms with Crippen molar-refractivity contribution in [2.45, 2.75) is 20.0 Å². The van der Waals surface area contributed by atoms with Crippen LogP contribution in [0.15, 0.2) is 44.9 Å². The van der Waals surface area contributed by atoms with Crippen LogP contribution in [0.4, 0.5) is 5.00 Å². The number of hydrogen-bond acceptors (Lipinski definition) is 7. The molecule has 0 saturated carbocycles. The van der Waals surface area contributed by atoms with Gasteiger partial charge in [-0.3, -0.25) is 9.59 Å². The average molecular weight is 382 g/mol. The highest BCUT2D eigenvalue weighted by Gasteiger charge is 2.22. The van der Waals surface area contributed by atoms with Crippen molar-refractivity contribution in [3.8, 4) is 6.07 Å². The van der Waals surface area contributed by atoms with Crippen molar-refractivity contribution in [3.05, 3.63) is 62.8 Å². The maximum Gasteiger partial charge on any atom is 0.375 e. The van der Waals surface area contributed by atoms with Crippen LogP contribution in [-0.2, 0) is 9.53 Å². The highest BCUT2D eigenvalue weighted by atomic mass is 32.1. The molecule has 0 aliphatic carbocycles. The smallest absolute Gasteiger partial charge is 0.375 e. The second-order valence-corrected chi connectivity index (χ2v) is 6.70. The van der Waals surface area contributed by atoms with Gasteiger partial charge in [-0.05, 0) is 37.4 Å². The minimum absolute atomic E-state index is 0.259. The standard InChI is InChI=1S/C19H14N2O5S/c1-10-3-4-15-13(7-10)14(22)8-16(26-15)19(24)25-11(2)17(23)21-18-12(9-20)5-6-27-18/h3-8,11H,1-2H3,(H,21,23)/t11-/m1/s1. The summed E-state index contributed by atoms with van der Waals surface area (Å²) in [4.78, 5) is 36.6. The fourth-order valence-electron chi connectivity index (χ4n) is 2.35. The van der Waals surface area contributed by atoms with Crippen molar-refractivity contribution in [2.75, 3.05) is 5.32 Å². The molecule has 0 aliphatic rings. The van der Waals surface area contributed by atoms with E-state index in [4.69, 9.17) is 14.4 Å². The van der Waals surface area contributed by atoms with Crippen LogP contribution in [-0.4, -0.2) is 18.0 Å². The number of anilines is 1. The molecule has 1 N–H and O–H groups in total. The third-order valence-corrected chi connectivity index (χ3v) is 4.59. The van der Waals surface area contributed by atoms with Gasteiger partial charge in [-0.2, -0.15) is 5.26 Å². The van der Waals surface area contributed by atoms with Gasteiger partial charge in [0.2, 0.25) is 5.76 Å². The SMILES string of the molecule is Cc1ccc2oc(C(=O)O[C@H](C)C(=O)Nc3sccc3C#N)cc(=O)c2c1. The Bertz CT molecular complexity index is 1140. The predicted octanol–water partition coefficient (Wildman–Crippen LogP) is 3.22. The summed E-state index contributed by atoms with van der Waals surface area (Å²) in [6.07, 6.45) is -1.15. The number of thiophene rings is 1. The topological polar surface area (TPSA) is 109 Å². The van der Waals surface area contributed by atoms with E-state index >= 15 is 0 Å². The summed E-state index contributed by atoms with van der Waals surface area (Å²) in [6.45, 7) is 3.22. The molecule has 3 rings (SSSR count). The van der Waals surface area contributed by atoms with E-state index in [1.165, 1.54) is 18.3 Å². The van der Waals surface area contributed by atoms with Crippen LogP contribution in [0.1, 0.15) is 28.6 Å². The highest BCUT2D eigenvalue weighted by molar-refractivity contribution is 7.14. The van der Waals surface area contributed by atoms with Crippen LogP contribution < -0.4 is 10.7 Å². The van der Waals surface area contributed by atoms with E-state index in [-0.39, 0.29) is 16.8 Å². The number of nitrogens with one attached hydrogen (secondary N) is 1. The Hall–Kier alpha value is -3.44. The zero-order chi connectivity index (χ0) is 19.6. The number of fused-ring (bicyclic) bond motifs is 1. The number of hydrogen-bond donors (Lipinski definition) is 1. The number of rotatable bonds is 4. The van der Waals surface area contributed by atoms with Gasteiger partial charge in [0.1, 0.15) is 16.7 Å². The first-order valence-corrected chi connectivity index (χ1v) is 8.81. The predicted molar refractivity (Wildman–Crippen MR) is 99.8 cm³/mol.